The summed E-state index contributed by atoms with van der Waals surface area (Å²) in [5.74, 6) is 0.486. The Balaban J connectivity index is 0.00000144. The minimum atomic E-state index is -0.185. The van der Waals surface area contributed by atoms with Crippen molar-refractivity contribution < 1.29 is 21.7 Å². The largest absolute Gasteiger partial charge is 1.00 e. The Bertz CT molecular complexity index is 367. The zero-order chi connectivity index (χ0) is 11.4. The molecule has 0 spiro atoms. The van der Waals surface area contributed by atoms with Crippen LogP contribution in [-0.4, -0.2) is 24.0 Å². The molecule has 0 saturated heterocycles. The van der Waals surface area contributed by atoms with Crippen LogP contribution in [0.5, 0.6) is 0 Å². The Morgan fingerprint density at radius 2 is 2.00 bits per heavy atom. The lowest BCUT2D eigenvalue weighted by molar-refractivity contribution is -0.846. The summed E-state index contributed by atoms with van der Waals surface area (Å²) < 4.78 is 12.7. The Labute approximate surface area is 112 Å². The summed E-state index contributed by atoms with van der Waals surface area (Å²) in [6.45, 7) is 2.70. The number of nitrogens with one attached hydrogen (secondary N) is 1. The molecule has 2 nitrogen and oxygen atoms in total. The second kappa shape index (κ2) is 6.84. The fraction of sp³-hybridized carbons (Fsp3) is 0.333. The molecule has 1 aromatic rings. The van der Waals surface area contributed by atoms with E-state index in [1.54, 1.807) is 0 Å². The third-order valence-electron chi connectivity index (χ3n) is 2.64. The Hall–Kier alpha value is -0.770. The van der Waals surface area contributed by atoms with Crippen molar-refractivity contribution >= 4 is 11.6 Å². The average Bonchev–Trinajstić information content (AvgIpc) is 2.70. The van der Waals surface area contributed by atoms with E-state index < -0.39 is 0 Å². The van der Waals surface area contributed by atoms with Gasteiger partial charge in [-0.25, -0.2) is 4.39 Å². The lowest BCUT2D eigenvalue weighted by Gasteiger charge is -2.16. The van der Waals surface area contributed by atoms with E-state index in [0.717, 1.165) is 25.3 Å². The molecule has 1 atom stereocenters. The zero-order valence-corrected chi connectivity index (χ0v) is 10.9. The van der Waals surface area contributed by atoms with Gasteiger partial charge in [0.05, 0.1) is 18.6 Å². The van der Waals surface area contributed by atoms with E-state index in [9.17, 15) is 4.39 Å². The Kier molecular flexibility index (Phi) is 5.75. The predicted molar refractivity (Wildman–Crippen MR) is 62.5 cm³/mol. The number of alkyl halides is 1. The maximum absolute atomic E-state index is 12.7. The van der Waals surface area contributed by atoms with Crippen molar-refractivity contribution in [1.29, 1.82) is 0 Å². The number of hydrogen-bond acceptors (Lipinski definition) is 1. The van der Waals surface area contributed by atoms with Gasteiger partial charge in [-0.1, -0.05) is 12.1 Å². The van der Waals surface area contributed by atoms with Crippen LogP contribution in [0.3, 0.4) is 0 Å². The van der Waals surface area contributed by atoms with E-state index in [-0.39, 0.29) is 18.2 Å². The summed E-state index contributed by atoms with van der Waals surface area (Å²) in [7, 11) is 0. The van der Waals surface area contributed by atoms with Gasteiger partial charge in [0.1, 0.15) is 12.0 Å². The molecule has 1 N–H and O–H groups in total. The second-order valence-electron chi connectivity index (χ2n) is 3.94. The van der Waals surface area contributed by atoms with Gasteiger partial charge in [0.15, 0.2) is 6.67 Å². The lowest BCUT2D eigenvalue weighted by atomic mass is 10.2. The van der Waals surface area contributed by atoms with Gasteiger partial charge in [-0.05, 0) is 17.7 Å². The van der Waals surface area contributed by atoms with E-state index in [0.29, 0.717) is 5.88 Å². The quantitative estimate of drug-likeness (QED) is 0.638. The minimum Gasteiger partial charge on any atom is -1.00 e. The molecule has 5 heteroatoms. The van der Waals surface area contributed by atoms with Crippen molar-refractivity contribution in [1.82, 2.24) is 4.90 Å². The lowest BCUT2D eigenvalue weighted by Crippen LogP contribution is -3.07. The van der Waals surface area contributed by atoms with Crippen LogP contribution in [0.25, 0.3) is 0 Å². The fourth-order valence-electron chi connectivity index (χ4n) is 1.79. The third kappa shape index (κ3) is 4.19. The average molecular weight is 277 g/mol. The Morgan fingerprint density at radius 3 is 2.65 bits per heavy atom. The molecule has 0 amide bonds. The summed E-state index contributed by atoms with van der Waals surface area (Å²) in [5.41, 5.74) is 1.12. The molecule has 1 aromatic carbocycles. The first-order valence-electron chi connectivity index (χ1n) is 5.35. The van der Waals surface area contributed by atoms with Crippen molar-refractivity contribution in [3.63, 3.8) is 0 Å². The van der Waals surface area contributed by atoms with Gasteiger partial charge in [0.2, 0.25) is 0 Å². The van der Waals surface area contributed by atoms with Crippen molar-refractivity contribution in [3.05, 3.63) is 48.0 Å². The molecule has 0 bridgehead atoms. The maximum atomic E-state index is 12.7. The van der Waals surface area contributed by atoms with Crippen molar-refractivity contribution in [2.45, 2.75) is 6.54 Å². The smallest absolute Gasteiger partial charge is 0.157 e. The molecular weight excluding hydrogens is 262 g/mol. The van der Waals surface area contributed by atoms with Crippen LogP contribution in [0.1, 0.15) is 5.56 Å². The molecule has 94 valence electrons. The van der Waals surface area contributed by atoms with E-state index in [1.807, 2.05) is 12.1 Å². The highest BCUT2D eigenvalue weighted by molar-refractivity contribution is 6.17. The molecular formula is C12H15Cl2FN2. The second-order valence-corrected chi connectivity index (χ2v) is 4.32. The molecule has 1 unspecified atom stereocenters. The normalized spacial score (nSPS) is 18.2. The van der Waals surface area contributed by atoms with Crippen LogP contribution < -0.4 is 17.3 Å². The van der Waals surface area contributed by atoms with Crippen LogP contribution in [0.2, 0.25) is 0 Å². The van der Waals surface area contributed by atoms with Gasteiger partial charge >= 0.3 is 0 Å². The van der Waals surface area contributed by atoms with Gasteiger partial charge in [-0.15, -0.1) is 11.6 Å². The number of quaternary nitrogens is 1. The van der Waals surface area contributed by atoms with Gasteiger partial charge in [-0.2, -0.15) is 0 Å². The van der Waals surface area contributed by atoms with Gasteiger partial charge in [0.25, 0.3) is 0 Å². The van der Waals surface area contributed by atoms with Gasteiger partial charge < -0.3 is 17.3 Å². The molecule has 0 radical (unpaired) electrons. The highest BCUT2D eigenvalue weighted by Crippen LogP contribution is 2.06. The molecule has 0 fully saturated rings. The fourth-order valence-corrected chi connectivity index (χ4v) is 2.04. The maximum Gasteiger partial charge on any atom is 0.157 e. The SMILES string of the molecule is Fc1ccc(CN2C=C[NH+](CCCl)C2)cc1.[Cl-]. The van der Waals surface area contributed by atoms with E-state index in [1.165, 1.54) is 17.0 Å². The molecule has 1 aliphatic rings. The summed E-state index contributed by atoms with van der Waals surface area (Å²) in [5, 5.41) is 0. The van der Waals surface area contributed by atoms with E-state index >= 15 is 0 Å². The highest BCUT2D eigenvalue weighted by atomic mass is 35.5. The van der Waals surface area contributed by atoms with Crippen LogP contribution in [0.4, 0.5) is 4.39 Å². The molecule has 17 heavy (non-hydrogen) atoms. The number of halogens is 3. The molecule has 0 saturated carbocycles. The third-order valence-corrected chi connectivity index (χ3v) is 2.83. The van der Waals surface area contributed by atoms with Crippen molar-refractivity contribution in [2.24, 2.45) is 0 Å². The molecule has 0 aliphatic carbocycles. The zero-order valence-electron chi connectivity index (χ0n) is 9.37. The highest BCUT2D eigenvalue weighted by Gasteiger charge is 2.16. The number of hydrogen-bond donors (Lipinski definition) is 1. The minimum absolute atomic E-state index is 0. The van der Waals surface area contributed by atoms with E-state index in [4.69, 9.17) is 11.6 Å². The summed E-state index contributed by atoms with van der Waals surface area (Å²) >= 11 is 5.69. The van der Waals surface area contributed by atoms with Crippen LogP contribution >= 0.6 is 11.6 Å². The molecule has 1 heterocycles. The molecule has 1 aliphatic heterocycles. The van der Waals surface area contributed by atoms with Crippen molar-refractivity contribution in [3.8, 4) is 0 Å². The number of rotatable bonds is 4. The monoisotopic (exact) mass is 276 g/mol. The first-order chi connectivity index (χ1) is 7.78. The van der Waals surface area contributed by atoms with Gasteiger partial charge in [-0.3, -0.25) is 4.90 Å². The van der Waals surface area contributed by atoms with Crippen LogP contribution in [0, 0.1) is 5.82 Å². The molecule has 0 aromatic heterocycles. The predicted octanol–water partition coefficient (Wildman–Crippen LogP) is -1.80. The van der Waals surface area contributed by atoms with Crippen LogP contribution in [-0.2, 0) is 6.54 Å². The summed E-state index contributed by atoms with van der Waals surface area (Å²) in [6.07, 6.45) is 4.19. The van der Waals surface area contributed by atoms with Gasteiger partial charge in [0, 0.05) is 6.54 Å². The molecule has 2 rings (SSSR count). The summed E-state index contributed by atoms with van der Waals surface area (Å²) in [6, 6.07) is 6.64. The van der Waals surface area contributed by atoms with E-state index in [2.05, 4.69) is 17.3 Å². The first kappa shape index (κ1) is 14.3. The first-order valence-corrected chi connectivity index (χ1v) is 5.89. The summed E-state index contributed by atoms with van der Waals surface area (Å²) in [4.78, 5) is 3.56. The standard InChI is InChI=1S/C12H14ClFN2.ClH/c13-5-6-15-7-8-16(10-15)9-11-1-3-12(14)4-2-11;/h1-4,7-8H,5-6,9-10H2;1H. The number of nitrogens with zero attached hydrogens (tertiary/aromatic N) is 1. The topological polar surface area (TPSA) is 7.68 Å². The van der Waals surface area contributed by atoms with Crippen LogP contribution in [0.15, 0.2) is 36.7 Å². The number of benzene rings is 1. The van der Waals surface area contributed by atoms with Crippen molar-refractivity contribution in [2.75, 3.05) is 19.1 Å². The Morgan fingerprint density at radius 1 is 1.29 bits per heavy atom.